The second kappa shape index (κ2) is 5.19. The summed E-state index contributed by atoms with van der Waals surface area (Å²) >= 11 is 0. The Bertz CT molecular complexity index is 431. The zero-order valence-corrected chi connectivity index (χ0v) is 8.89. The fourth-order valence-corrected chi connectivity index (χ4v) is 1.40. The van der Waals surface area contributed by atoms with E-state index < -0.39 is 23.6 Å². The fourth-order valence-electron chi connectivity index (χ4n) is 1.40. The highest BCUT2D eigenvalue weighted by atomic mass is 19.4. The van der Waals surface area contributed by atoms with E-state index in [0.717, 1.165) is 12.1 Å². The van der Waals surface area contributed by atoms with Gasteiger partial charge in [-0.25, -0.2) is 4.39 Å². The zero-order chi connectivity index (χ0) is 13.1. The summed E-state index contributed by atoms with van der Waals surface area (Å²) in [4.78, 5) is 0. The third-order valence-electron chi connectivity index (χ3n) is 2.32. The summed E-state index contributed by atoms with van der Waals surface area (Å²) in [6, 6.07) is 1.37. The number of terminal acetylenes is 1. The highest BCUT2D eigenvalue weighted by molar-refractivity contribution is 5.29. The molecule has 1 atom stereocenters. The van der Waals surface area contributed by atoms with Crippen LogP contribution in [0, 0.1) is 18.2 Å². The van der Waals surface area contributed by atoms with Gasteiger partial charge in [0.1, 0.15) is 5.82 Å². The molecule has 0 heterocycles. The first kappa shape index (κ1) is 13.5. The van der Waals surface area contributed by atoms with Gasteiger partial charge in [-0.15, -0.1) is 12.3 Å². The van der Waals surface area contributed by atoms with E-state index in [1.165, 1.54) is 0 Å². The Kier molecular flexibility index (Phi) is 4.13. The number of halogens is 4. The lowest BCUT2D eigenvalue weighted by atomic mass is 10.00. The molecular formula is C12H11F4N. The SMILES string of the molecule is C#CCCC(N)c1cc(C(F)(F)F)ccc1F. The standard InChI is InChI=1S/C12H11F4N/c1-2-3-4-11(17)9-7-8(12(14,15)16)5-6-10(9)13/h1,5-7,11H,3-4,17H2. The number of benzene rings is 1. The van der Waals surface area contributed by atoms with Crippen molar-refractivity contribution in [3.8, 4) is 12.3 Å². The average Bonchev–Trinajstić information content (AvgIpc) is 2.24. The van der Waals surface area contributed by atoms with Crippen molar-refractivity contribution in [1.82, 2.24) is 0 Å². The van der Waals surface area contributed by atoms with Gasteiger partial charge < -0.3 is 5.73 Å². The highest BCUT2D eigenvalue weighted by Crippen LogP contribution is 2.32. The molecule has 0 spiro atoms. The second-order valence-electron chi connectivity index (χ2n) is 3.58. The van der Waals surface area contributed by atoms with Gasteiger partial charge in [-0.05, 0) is 24.6 Å². The number of alkyl halides is 3. The van der Waals surface area contributed by atoms with Crippen LogP contribution in [-0.2, 0) is 6.18 Å². The molecule has 0 saturated carbocycles. The lowest BCUT2D eigenvalue weighted by molar-refractivity contribution is -0.137. The second-order valence-corrected chi connectivity index (χ2v) is 3.58. The molecule has 1 rings (SSSR count). The molecule has 1 aromatic carbocycles. The van der Waals surface area contributed by atoms with Gasteiger partial charge in [0.25, 0.3) is 0 Å². The molecule has 1 nitrogen and oxygen atoms in total. The van der Waals surface area contributed by atoms with Gasteiger partial charge in [0.2, 0.25) is 0 Å². The van der Waals surface area contributed by atoms with Crippen LogP contribution in [0.15, 0.2) is 18.2 Å². The van der Waals surface area contributed by atoms with E-state index in [9.17, 15) is 17.6 Å². The minimum Gasteiger partial charge on any atom is -0.324 e. The van der Waals surface area contributed by atoms with Gasteiger partial charge in [-0.2, -0.15) is 13.2 Å². The van der Waals surface area contributed by atoms with Crippen LogP contribution in [-0.4, -0.2) is 0 Å². The molecule has 5 heteroatoms. The van der Waals surface area contributed by atoms with E-state index in [0.29, 0.717) is 6.07 Å². The molecular weight excluding hydrogens is 234 g/mol. The van der Waals surface area contributed by atoms with Crippen molar-refractivity contribution in [2.45, 2.75) is 25.1 Å². The lowest BCUT2D eigenvalue weighted by Crippen LogP contribution is -2.14. The number of hydrogen-bond donors (Lipinski definition) is 1. The quantitative estimate of drug-likeness (QED) is 0.642. The molecule has 0 radical (unpaired) electrons. The van der Waals surface area contributed by atoms with E-state index >= 15 is 0 Å². The predicted octanol–water partition coefficient (Wildman–Crippen LogP) is 3.26. The first-order valence-electron chi connectivity index (χ1n) is 4.92. The van der Waals surface area contributed by atoms with Gasteiger partial charge in [0.15, 0.2) is 0 Å². The third kappa shape index (κ3) is 3.46. The van der Waals surface area contributed by atoms with Crippen LogP contribution < -0.4 is 5.73 Å². The van der Waals surface area contributed by atoms with Crippen LogP contribution in [0.1, 0.15) is 30.0 Å². The molecule has 0 amide bonds. The molecule has 1 unspecified atom stereocenters. The molecule has 1 aromatic rings. The van der Waals surface area contributed by atoms with Crippen LogP contribution in [0.2, 0.25) is 0 Å². The largest absolute Gasteiger partial charge is 0.416 e. The first-order valence-corrected chi connectivity index (χ1v) is 4.92. The minimum absolute atomic E-state index is 0.157. The van der Waals surface area contributed by atoms with Crippen LogP contribution >= 0.6 is 0 Å². The Hall–Kier alpha value is -1.54. The van der Waals surface area contributed by atoms with E-state index in [-0.39, 0.29) is 18.4 Å². The Balaban J connectivity index is 3.03. The maximum absolute atomic E-state index is 13.3. The van der Waals surface area contributed by atoms with Crippen molar-refractivity contribution in [2.75, 3.05) is 0 Å². The van der Waals surface area contributed by atoms with E-state index in [2.05, 4.69) is 5.92 Å². The van der Waals surface area contributed by atoms with Gasteiger partial charge in [-0.1, -0.05) is 0 Å². The molecule has 0 aliphatic heterocycles. The average molecular weight is 245 g/mol. The van der Waals surface area contributed by atoms with Gasteiger partial charge in [0, 0.05) is 18.0 Å². The van der Waals surface area contributed by atoms with Gasteiger partial charge in [0.05, 0.1) is 5.56 Å². The number of hydrogen-bond acceptors (Lipinski definition) is 1. The summed E-state index contributed by atoms with van der Waals surface area (Å²) in [6.07, 6.45) is 1.04. The first-order chi connectivity index (χ1) is 7.86. The normalized spacial score (nSPS) is 13.2. The van der Waals surface area contributed by atoms with Crippen LogP contribution in [0.3, 0.4) is 0 Å². The lowest BCUT2D eigenvalue weighted by Gasteiger charge is -2.14. The maximum Gasteiger partial charge on any atom is 0.416 e. The Morgan fingerprint density at radius 1 is 1.35 bits per heavy atom. The van der Waals surface area contributed by atoms with Crippen molar-refractivity contribution in [2.24, 2.45) is 5.73 Å². The molecule has 0 fully saturated rings. The van der Waals surface area contributed by atoms with E-state index in [4.69, 9.17) is 12.2 Å². The van der Waals surface area contributed by atoms with E-state index in [1.807, 2.05) is 0 Å². The summed E-state index contributed by atoms with van der Waals surface area (Å²) in [5.41, 5.74) is 4.52. The minimum atomic E-state index is -4.51. The molecule has 17 heavy (non-hydrogen) atoms. The Morgan fingerprint density at radius 2 is 2.00 bits per heavy atom. The molecule has 0 aliphatic carbocycles. The van der Waals surface area contributed by atoms with Gasteiger partial charge in [-0.3, -0.25) is 0 Å². The molecule has 0 bridgehead atoms. The summed E-state index contributed by atoms with van der Waals surface area (Å²) in [5, 5.41) is 0. The highest BCUT2D eigenvalue weighted by Gasteiger charge is 2.31. The molecule has 0 aliphatic rings. The van der Waals surface area contributed by atoms with Crippen molar-refractivity contribution < 1.29 is 17.6 Å². The molecule has 0 aromatic heterocycles. The molecule has 92 valence electrons. The zero-order valence-electron chi connectivity index (χ0n) is 8.89. The van der Waals surface area contributed by atoms with E-state index in [1.54, 1.807) is 0 Å². The van der Waals surface area contributed by atoms with Crippen molar-refractivity contribution in [3.63, 3.8) is 0 Å². The monoisotopic (exact) mass is 245 g/mol. The summed E-state index contributed by atoms with van der Waals surface area (Å²) in [6.45, 7) is 0. The summed E-state index contributed by atoms with van der Waals surface area (Å²) < 4.78 is 50.6. The number of rotatable bonds is 3. The Morgan fingerprint density at radius 3 is 2.53 bits per heavy atom. The van der Waals surface area contributed by atoms with Crippen molar-refractivity contribution in [1.29, 1.82) is 0 Å². The van der Waals surface area contributed by atoms with Gasteiger partial charge >= 0.3 is 6.18 Å². The predicted molar refractivity (Wildman–Crippen MR) is 56.4 cm³/mol. The van der Waals surface area contributed by atoms with Crippen molar-refractivity contribution >= 4 is 0 Å². The molecule has 0 saturated heterocycles. The van der Waals surface area contributed by atoms with Crippen molar-refractivity contribution in [3.05, 3.63) is 35.1 Å². The third-order valence-corrected chi connectivity index (χ3v) is 2.32. The van der Waals surface area contributed by atoms with Crippen LogP contribution in [0.5, 0.6) is 0 Å². The smallest absolute Gasteiger partial charge is 0.324 e. The molecule has 2 N–H and O–H groups in total. The topological polar surface area (TPSA) is 26.0 Å². The number of nitrogens with two attached hydrogens (primary N) is 1. The fraction of sp³-hybridized carbons (Fsp3) is 0.333. The maximum atomic E-state index is 13.3. The van der Waals surface area contributed by atoms with Crippen LogP contribution in [0.25, 0.3) is 0 Å². The summed E-state index contributed by atoms with van der Waals surface area (Å²) in [5.74, 6) is 1.56. The Labute approximate surface area is 96.6 Å². The summed E-state index contributed by atoms with van der Waals surface area (Å²) in [7, 11) is 0. The van der Waals surface area contributed by atoms with Crippen LogP contribution in [0.4, 0.5) is 17.6 Å².